The molecule has 0 aliphatic rings. The first-order valence-corrected chi connectivity index (χ1v) is 6.54. The lowest BCUT2D eigenvalue weighted by molar-refractivity contribution is 0.0696. The Morgan fingerprint density at radius 1 is 1.26 bits per heavy atom. The second-order valence-electron chi connectivity index (χ2n) is 4.11. The first kappa shape index (κ1) is 13.6. The standard InChI is InChI=1S/C15H13BrO3/c1-19-14-5-3-2-4-11(14)8-10-6-7-12(15(17)18)13(16)9-10/h2-7,9H,8H2,1H3,(H,17,18). The van der Waals surface area contributed by atoms with Crippen molar-refractivity contribution in [3.05, 3.63) is 63.6 Å². The Morgan fingerprint density at radius 2 is 2.00 bits per heavy atom. The lowest BCUT2D eigenvalue weighted by Gasteiger charge is -2.09. The molecular formula is C15H13BrO3. The molecule has 0 aliphatic carbocycles. The zero-order valence-corrected chi connectivity index (χ0v) is 12.0. The number of carboxylic acid groups (broad SMARTS) is 1. The molecule has 98 valence electrons. The lowest BCUT2D eigenvalue weighted by atomic mass is 10.0. The molecule has 0 radical (unpaired) electrons. The van der Waals surface area contributed by atoms with E-state index < -0.39 is 5.97 Å². The smallest absolute Gasteiger partial charge is 0.336 e. The van der Waals surface area contributed by atoms with Gasteiger partial charge >= 0.3 is 5.97 Å². The van der Waals surface area contributed by atoms with Gasteiger partial charge in [0.2, 0.25) is 0 Å². The molecule has 0 saturated carbocycles. The van der Waals surface area contributed by atoms with Crippen LogP contribution in [-0.4, -0.2) is 18.2 Å². The van der Waals surface area contributed by atoms with Crippen molar-refractivity contribution in [1.82, 2.24) is 0 Å². The van der Waals surface area contributed by atoms with Crippen molar-refractivity contribution in [2.45, 2.75) is 6.42 Å². The summed E-state index contributed by atoms with van der Waals surface area (Å²) in [7, 11) is 1.64. The highest BCUT2D eigenvalue weighted by molar-refractivity contribution is 9.10. The van der Waals surface area contributed by atoms with Crippen LogP contribution >= 0.6 is 15.9 Å². The number of hydrogen-bond acceptors (Lipinski definition) is 2. The molecule has 2 aromatic carbocycles. The van der Waals surface area contributed by atoms with Gasteiger partial charge in [0.1, 0.15) is 5.75 Å². The van der Waals surface area contributed by atoms with E-state index in [4.69, 9.17) is 9.84 Å². The third kappa shape index (κ3) is 3.15. The Morgan fingerprint density at radius 3 is 2.63 bits per heavy atom. The van der Waals surface area contributed by atoms with E-state index in [1.54, 1.807) is 13.2 Å². The maximum Gasteiger partial charge on any atom is 0.336 e. The van der Waals surface area contributed by atoms with Crippen molar-refractivity contribution in [3.63, 3.8) is 0 Å². The van der Waals surface area contributed by atoms with Crippen molar-refractivity contribution in [3.8, 4) is 5.75 Å². The van der Waals surface area contributed by atoms with Crippen molar-refractivity contribution in [2.24, 2.45) is 0 Å². The maximum absolute atomic E-state index is 10.9. The Kier molecular flexibility index (Phi) is 4.22. The quantitative estimate of drug-likeness (QED) is 0.933. The highest BCUT2D eigenvalue weighted by Gasteiger charge is 2.09. The van der Waals surface area contributed by atoms with Crippen LogP contribution in [0.2, 0.25) is 0 Å². The average Bonchev–Trinajstić information content (AvgIpc) is 2.39. The van der Waals surface area contributed by atoms with Gasteiger partial charge in [-0.2, -0.15) is 0 Å². The summed E-state index contributed by atoms with van der Waals surface area (Å²) in [5.74, 6) is -0.100. The van der Waals surface area contributed by atoms with Crippen LogP contribution in [0, 0.1) is 0 Å². The van der Waals surface area contributed by atoms with E-state index >= 15 is 0 Å². The van der Waals surface area contributed by atoms with Crippen LogP contribution in [0.4, 0.5) is 0 Å². The molecule has 0 amide bonds. The first-order valence-electron chi connectivity index (χ1n) is 5.75. The summed E-state index contributed by atoms with van der Waals surface area (Å²) in [4.78, 5) is 10.9. The summed E-state index contributed by atoms with van der Waals surface area (Å²) in [6.07, 6.45) is 0.697. The normalized spacial score (nSPS) is 10.2. The third-order valence-corrected chi connectivity index (χ3v) is 3.51. The van der Waals surface area contributed by atoms with Gasteiger partial charge in [-0.3, -0.25) is 0 Å². The first-order chi connectivity index (χ1) is 9.11. The molecule has 2 aromatic rings. The van der Waals surface area contributed by atoms with Gasteiger partial charge in [0, 0.05) is 10.9 Å². The molecule has 0 atom stereocenters. The fraction of sp³-hybridized carbons (Fsp3) is 0.133. The van der Waals surface area contributed by atoms with Gasteiger partial charge < -0.3 is 9.84 Å². The highest BCUT2D eigenvalue weighted by Crippen LogP contribution is 2.24. The molecule has 0 aromatic heterocycles. The van der Waals surface area contributed by atoms with E-state index in [9.17, 15) is 4.79 Å². The number of benzene rings is 2. The number of carboxylic acids is 1. The minimum atomic E-state index is -0.935. The third-order valence-electron chi connectivity index (χ3n) is 2.85. The average molecular weight is 321 g/mol. The fourth-order valence-electron chi connectivity index (χ4n) is 1.91. The second kappa shape index (κ2) is 5.89. The molecule has 4 heteroatoms. The molecule has 0 heterocycles. The minimum absolute atomic E-state index is 0.267. The van der Waals surface area contributed by atoms with Crippen LogP contribution in [0.5, 0.6) is 5.75 Å². The van der Waals surface area contributed by atoms with Gasteiger partial charge in [-0.25, -0.2) is 4.79 Å². The van der Waals surface area contributed by atoms with E-state index in [1.165, 1.54) is 0 Å². The molecular weight excluding hydrogens is 308 g/mol. The van der Waals surface area contributed by atoms with Crippen LogP contribution < -0.4 is 4.74 Å². The van der Waals surface area contributed by atoms with E-state index in [-0.39, 0.29) is 5.56 Å². The van der Waals surface area contributed by atoms with Gasteiger partial charge in [0.05, 0.1) is 12.7 Å². The Hall–Kier alpha value is -1.81. The molecule has 0 bridgehead atoms. The molecule has 0 aliphatic heterocycles. The Labute approximate surface area is 120 Å². The minimum Gasteiger partial charge on any atom is -0.496 e. The van der Waals surface area contributed by atoms with Crippen LogP contribution in [-0.2, 0) is 6.42 Å². The number of carbonyl (C=O) groups is 1. The van der Waals surface area contributed by atoms with E-state index in [0.717, 1.165) is 16.9 Å². The van der Waals surface area contributed by atoms with Crippen molar-refractivity contribution in [2.75, 3.05) is 7.11 Å². The van der Waals surface area contributed by atoms with E-state index in [2.05, 4.69) is 15.9 Å². The molecule has 3 nitrogen and oxygen atoms in total. The Balaban J connectivity index is 2.29. The van der Waals surface area contributed by atoms with Crippen molar-refractivity contribution < 1.29 is 14.6 Å². The van der Waals surface area contributed by atoms with E-state index in [0.29, 0.717) is 10.9 Å². The zero-order chi connectivity index (χ0) is 13.8. The molecule has 0 fully saturated rings. The van der Waals surface area contributed by atoms with Crippen LogP contribution in [0.3, 0.4) is 0 Å². The predicted octanol–water partition coefficient (Wildman–Crippen LogP) is 3.75. The molecule has 19 heavy (non-hydrogen) atoms. The zero-order valence-electron chi connectivity index (χ0n) is 10.4. The molecule has 1 N–H and O–H groups in total. The summed E-state index contributed by atoms with van der Waals surface area (Å²) in [6, 6.07) is 13.0. The predicted molar refractivity (Wildman–Crippen MR) is 76.9 cm³/mol. The second-order valence-corrected chi connectivity index (χ2v) is 4.96. The lowest BCUT2D eigenvalue weighted by Crippen LogP contribution is -1.99. The summed E-state index contributed by atoms with van der Waals surface area (Å²) in [5, 5.41) is 8.98. The summed E-state index contributed by atoms with van der Waals surface area (Å²) < 4.78 is 5.89. The van der Waals surface area contributed by atoms with Gasteiger partial charge in [0.15, 0.2) is 0 Å². The van der Waals surface area contributed by atoms with Gasteiger partial charge in [-0.1, -0.05) is 24.3 Å². The largest absolute Gasteiger partial charge is 0.496 e. The fourth-order valence-corrected chi connectivity index (χ4v) is 2.51. The number of aromatic carboxylic acids is 1. The van der Waals surface area contributed by atoms with Crippen LogP contribution in [0.15, 0.2) is 46.9 Å². The van der Waals surface area contributed by atoms with Gasteiger partial charge in [-0.05, 0) is 45.3 Å². The highest BCUT2D eigenvalue weighted by atomic mass is 79.9. The summed E-state index contributed by atoms with van der Waals surface area (Å²) >= 11 is 3.28. The number of para-hydroxylation sites is 1. The monoisotopic (exact) mass is 320 g/mol. The SMILES string of the molecule is COc1ccccc1Cc1ccc(C(=O)O)c(Br)c1. The molecule has 0 unspecified atom stereocenters. The van der Waals surface area contributed by atoms with Crippen LogP contribution in [0.1, 0.15) is 21.5 Å². The summed E-state index contributed by atoms with van der Waals surface area (Å²) in [5.41, 5.74) is 2.37. The number of methoxy groups -OCH3 is 1. The van der Waals surface area contributed by atoms with Crippen molar-refractivity contribution >= 4 is 21.9 Å². The van der Waals surface area contributed by atoms with Crippen molar-refractivity contribution in [1.29, 1.82) is 0 Å². The maximum atomic E-state index is 10.9. The number of ether oxygens (including phenoxy) is 1. The Bertz CT molecular complexity index is 608. The topological polar surface area (TPSA) is 46.5 Å². The van der Waals surface area contributed by atoms with Gasteiger partial charge in [0.25, 0.3) is 0 Å². The number of rotatable bonds is 4. The number of hydrogen-bond donors (Lipinski definition) is 1. The van der Waals surface area contributed by atoms with Gasteiger partial charge in [-0.15, -0.1) is 0 Å². The molecule has 2 rings (SSSR count). The van der Waals surface area contributed by atoms with E-state index in [1.807, 2.05) is 36.4 Å². The number of halogens is 1. The molecule has 0 spiro atoms. The van der Waals surface area contributed by atoms with Crippen LogP contribution in [0.25, 0.3) is 0 Å². The molecule has 0 saturated heterocycles. The summed E-state index contributed by atoms with van der Waals surface area (Å²) in [6.45, 7) is 0.